The number of carboxylic acids is 1. The first kappa shape index (κ1) is 12.7. The van der Waals surface area contributed by atoms with E-state index >= 15 is 0 Å². The number of nitrogens with zero attached hydrogens (tertiary/aromatic N) is 1. The first-order valence-electron chi connectivity index (χ1n) is 5.63. The Morgan fingerprint density at radius 1 is 1.25 bits per heavy atom. The van der Waals surface area contributed by atoms with E-state index in [1.807, 2.05) is 0 Å². The van der Waals surface area contributed by atoms with Gasteiger partial charge in [-0.25, -0.2) is 4.79 Å². The highest BCUT2D eigenvalue weighted by molar-refractivity contribution is 6.01. The van der Waals surface area contributed by atoms with Crippen molar-refractivity contribution in [1.29, 1.82) is 0 Å². The molecule has 1 atom stereocenters. The Morgan fingerprint density at radius 3 is 2.38 bits per heavy atom. The molecular weight excluding hydrogens is 206 g/mol. The number of piperidine rings is 1. The number of carbonyl (C=O) groups is 2. The molecule has 1 aliphatic rings. The molecule has 0 aromatic carbocycles. The fourth-order valence-electron chi connectivity index (χ4n) is 1.93. The number of hydrogen-bond donors (Lipinski definition) is 1. The lowest BCUT2D eigenvalue weighted by atomic mass is 9.99. The van der Waals surface area contributed by atoms with Crippen molar-refractivity contribution >= 4 is 11.9 Å². The summed E-state index contributed by atoms with van der Waals surface area (Å²) in [5.41, 5.74) is 0.491. The van der Waals surface area contributed by atoms with Gasteiger partial charge >= 0.3 is 5.97 Å². The Hall–Kier alpha value is -1.32. The second-order valence-electron chi connectivity index (χ2n) is 4.55. The van der Waals surface area contributed by atoms with Crippen LogP contribution in [0.5, 0.6) is 0 Å². The normalized spacial score (nSPS) is 22.7. The summed E-state index contributed by atoms with van der Waals surface area (Å²) in [7, 11) is 0. The molecule has 0 bridgehead atoms. The SMILES string of the molecule is CC(C(=O)O)=C(C)C(=O)N1CCCC(C)C1. The number of rotatable bonds is 2. The van der Waals surface area contributed by atoms with Crippen LogP contribution in [0.25, 0.3) is 0 Å². The number of hydrogen-bond acceptors (Lipinski definition) is 2. The third kappa shape index (κ3) is 2.84. The molecule has 0 aromatic rings. The van der Waals surface area contributed by atoms with Gasteiger partial charge < -0.3 is 10.0 Å². The van der Waals surface area contributed by atoms with Crippen LogP contribution in [0.2, 0.25) is 0 Å². The molecule has 1 heterocycles. The molecule has 1 amide bonds. The van der Waals surface area contributed by atoms with Crippen LogP contribution in [-0.2, 0) is 9.59 Å². The Labute approximate surface area is 95.9 Å². The van der Waals surface area contributed by atoms with Crippen LogP contribution in [0.1, 0.15) is 33.6 Å². The number of carbonyl (C=O) groups excluding carboxylic acids is 1. The minimum atomic E-state index is -1.02. The molecule has 0 aromatic heterocycles. The van der Waals surface area contributed by atoms with Crippen molar-refractivity contribution in [3.63, 3.8) is 0 Å². The molecule has 1 saturated heterocycles. The van der Waals surface area contributed by atoms with Crippen molar-refractivity contribution in [2.24, 2.45) is 5.92 Å². The highest BCUT2D eigenvalue weighted by Crippen LogP contribution is 2.18. The standard InChI is InChI=1S/C12H19NO3/c1-8-5-4-6-13(7-8)11(14)9(2)10(3)12(15)16/h8H,4-7H2,1-3H3,(H,15,16). The van der Waals surface area contributed by atoms with Crippen molar-refractivity contribution in [3.8, 4) is 0 Å². The van der Waals surface area contributed by atoms with E-state index in [9.17, 15) is 9.59 Å². The highest BCUT2D eigenvalue weighted by atomic mass is 16.4. The van der Waals surface area contributed by atoms with Crippen LogP contribution in [0, 0.1) is 5.92 Å². The predicted octanol–water partition coefficient (Wildman–Crippen LogP) is 1.67. The minimum Gasteiger partial charge on any atom is -0.478 e. The van der Waals surface area contributed by atoms with E-state index in [0.717, 1.165) is 25.9 Å². The summed E-state index contributed by atoms with van der Waals surface area (Å²) < 4.78 is 0. The van der Waals surface area contributed by atoms with Crippen LogP contribution in [0.4, 0.5) is 0 Å². The molecule has 1 N–H and O–H groups in total. The van der Waals surface area contributed by atoms with E-state index in [4.69, 9.17) is 5.11 Å². The van der Waals surface area contributed by atoms with Crippen molar-refractivity contribution in [2.75, 3.05) is 13.1 Å². The van der Waals surface area contributed by atoms with Crippen LogP contribution in [-0.4, -0.2) is 35.0 Å². The van der Waals surface area contributed by atoms with Gasteiger partial charge in [-0.3, -0.25) is 4.79 Å². The topological polar surface area (TPSA) is 57.6 Å². The molecule has 0 aliphatic carbocycles. The van der Waals surface area contributed by atoms with Gasteiger partial charge in [0, 0.05) is 24.2 Å². The molecule has 0 saturated carbocycles. The lowest BCUT2D eigenvalue weighted by Gasteiger charge is -2.31. The van der Waals surface area contributed by atoms with Crippen LogP contribution < -0.4 is 0 Å². The largest absolute Gasteiger partial charge is 0.478 e. The Kier molecular flexibility index (Phi) is 4.10. The van der Waals surface area contributed by atoms with E-state index in [2.05, 4.69) is 6.92 Å². The molecule has 16 heavy (non-hydrogen) atoms. The zero-order valence-corrected chi connectivity index (χ0v) is 10.1. The lowest BCUT2D eigenvalue weighted by Crippen LogP contribution is -2.39. The third-order valence-electron chi connectivity index (χ3n) is 3.15. The van der Waals surface area contributed by atoms with Gasteiger partial charge in [0.1, 0.15) is 0 Å². The van der Waals surface area contributed by atoms with Gasteiger partial charge in [-0.2, -0.15) is 0 Å². The summed E-state index contributed by atoms with van der Waals surface area (Å²) in [5, 5.41) is 8.82. The minimum absolute atomic E-state index is 0.133. The van der Waals surface area contributed by atoms with E-state index in [0.29, 0.717) is 11.5 Å². The van der Waals surface area contributed by atoms with Gasteiger partial charge in [0.15, 0.2) is 0 Å². The fourth-order valence-corrected chi connectivity index (χ4v) is 1.93. The summed E-state index contributed by atoms with van der Waals surface area (Å²) in [6.07, 6.45) is 2.15. The summed E-state index contributed by atoms with van der Waals surface area (Å²) in [5.74, 6) is -0.641. The lowest BCUT2D eigenvalue weighted by molar-refractivity contribution is -0.134. The molecule has 4 nitrogen and oxygen atoms in total. The highest BCUT2D eigenvalue weighted by Gasteiger charge is 2.23. The number of aliphatic carboxylic acids is 1. The van der Waals surface area contributed by atoms with Crippen LogP contribution in [0.3, 0.4) is 0 Å². The Bertz CT molecular complexity index is 333. The van der Waals surface area contributed by atoms with Gasteiger partial charge in [-0.15, -0.1) is 0 Å². The van der Waals surface area contributed by atoms with E-state index in [1.165, 1.54) is 6.92 Å². The smallest absolute Gasteiger partial charge is 0.331 e. The molecule has 1 aliphatic heterocycles. The maximum absolute atomic E-state index is 12.0. The second-order valence-corrected chi connectivity index (χ2v) is 4.55. The first-order chi connectivity index (χ1) is 7.43. The van der Waals surface area contributed by atoms with Crippen molar-refractivity contribution in [1.82, 2.24) is 4.90 Å². The Morgan fingerprint density at radius 2 is 1.88 bits per heavy atom. The second kappa shape index (κ2) is 5.14. The zero-order valence-electron chi connectivity index (χ0n) is 10.1. The van der Waals surface area contributed by atoms with Gasteiger partial charge in [-0.1, -0.05) is 6.92 Å². The maximum Gasteiger partial charge on any atom is 0.331 e. The summed E-state index contributed by atoms with van der Waals surface area (Å²) >= 11 is 0. The summed E-state index contributed by atoms with van der Waals surface area (Å²) in [6, 6.07) is 0. The van der Waals surface area contributed by atoms with Gasteiger partial charge in [0.2, 0.25) is 5.91 Å². The summed E-state index contributed by atoms with van der Waals surface area (Å²) in [4.78, 5) is 24.5. The maximum atomic E-state index is 12.0. The predicted molar refractivity (Wildman–Crippen MR) is 61.0 cm³/mol. The van der Waals surface area contributed by atoms with Gasteiger partial charge in [0.25, 0.3) is 0 Å². The molecule has 1 rings (SSSR count). The summed E-state index contributed by atoms with van der Waals surface area (Å²) in [6.45, 7) is 6.66. The number of carboxylic acid groups (broad SMARTS) is 1. The third-order valence-corrected chi connectivity index (χ3v) is 3.15. The van der Waals surface area contributed by atoms with E-state index < -0.39 is 5.97 Å². The Balaban J connectivity index is 2.77. The monoisotopic (exact) mass is 225 g/mol. The molecule has 1 unspecified atom stereocenters. The van der Waals surface area contributed by atoms with Crippen molar-refractivity contribution < 1.29 is 14.7 Å². The quantitative estimate of drug-likeness (QED) is 0.727. The molecule has 4 heteroatoms. The van der Waals surface area contributed by atoms with Crippen LogP contribution in [0.15, 0.2) is 11.1 Å². The van der Waals surface area contributed by atoms with Crippen LogP contribution >= 0.6 is 0 Å². The molecular formula is C12H19NO3. The number of amides is 1. The number of likely N-dealkylation sites (tertiary alicyclic amines) is 1. The average Bonchev–Trinajstić information content (AvgIpc) is 2.26. The fraction of sp³-hybridized carbons (Fsp3) is 0.667. The van der Waals surface area contributed by atoms with Gasteiger partial charge in [0.05, 0.1) is 0 Å². The van der Waals surface area contributed by atoms with Crippen molar-refractivity contribution in [2.45, 2.75) is 33.6 Å². The zero-order chi connectivity index (χ0) is 12.3. The van der Waals surface area contributed by atoms with E-state index in [-0.39, 0.29) is 11.5 Å². The first-order valence-corrected chi connectivity index (χ1v) is 5.63. The van der Waals surface area contributed by atoms with Crippen molar-refractivity contribution in [3.05, 3.63) is 11.1 Å². The molecule has 1 fully saturated rings. The van der Waals surface area contributed by atoms with Gasteiger partial charge in [-0.05, 0) is 32.6 Å². The average molecular weight is 225 g/mol. The molecule has 0 spiro atoms. The molecule has 0 radical (unpaired) electrons. The van der Waals surface area contributed by atoms with E-state index in [1.54, 1.807) is 11.8 Å². The molecule has 90 valence electrons.